The van der Waals surface area contributed by atoms with E-state index in [1.54, 1.807) is 0 Å². The van der Waals surface area contributed by atoms with E-state index in [2.05, 4.69) is 218 Å². The van der Waals surface area contributed by atoms with E-state index in [9.17, 15) is 0 Å². The topological polar surface area (TPSA) is 52.6 Å². The van der Waals surface area contributed by atoms with Crippen LogP contribution in [0.2, 0.25) is 0 Å². The average molecular weight is 1240 g/mol. The molecule has 0 unspecified atom stereocenters. The number of furan rings is 4. The molecule has 14 rings (SSSR count). The highest BCUT2D eigenvalue weighted by molar-refractivity contribution is 9.93. The molecule has 0 spiro atoms. The van der Waals surface area contributed by atoms with Gasteiger partial charge >= 0.3 is 0 Å². The van der Waals surface area contributed by atoms with Gasteiger partial charge in [0.05, 0.1) is 8.95 Å². The van der Waals surface area contributed by atoms with E-state index in [4.69, 9.17) is 17.7 Å². The first kappa shape index (κ1) is 49.2. The first-order chi connectivity index (χ1) is 37.6. The number of hydrogen-bond donors (Lipinski definition) is 0. The molecule has 0 atom stereocenters. The molecular weight excluding hydrogens is 1200 g/mol. The first-order valence-corrected chi connectivity index (χ1v) is 29.9. The predicted molar refractivity (Wildman–Crippen MR) is 331 cm³/mol. The fraction of sp³-hybridized carbons (Fsp3) is 0. The van der Waals surface area contributed by atoms with Gasteiger partial charge in [-0.25, -0.2) is 0 Å². The van der Waals surface area contributed by atoms with Crippen LogP contribution in [0.3, 0.4) is 0 Å². The van der Waals surface area contributed by atoms with Gasteiger partial charge in [0.2, 0.25) is 0 Å². The molecule has 0 bridgehead atoms. The molecule has 4 aromatic heterocycles. The normalized spacial score (nSPS) is 11.2. The molecule has 0 N–H and O–H groups in total. The van der Waals surface area contributed by atoms with Crippen LogP contribution in [-0.2, 0) is 0 Å². The van der Waals surface area contributed by atoms with Crippen LogP contribution in [0.5, 0.6) is 0 Å². The van der Waals surface area contributed by atoms with Gasteiger partial charge < -0.3 is 17.7 Å². The fourth-order valence-electron chi connectivity index (χ4n) is 10.2. The van der Waals surface area contributed by atoms with E-state index in [1.807, 2.05) is 97.1 Å². The minimum absolute atomic E-state index is 0. The van der Waals surface area contributed by atoms with Crippen molar-refractivity contribution in [3.8, 4) is 89.8 Å². The van der Waals surface area contributed by atoms with Crippen molar-refractivity contribution in [3.63, 3.8) is 0 Å². The van der Waals surface area contributed by atoms with Crippen molar-refractivity contribution >= 4 is 104 Å². The van der Waals surface area contributed by atoms with Gasteiger partial charge in [0.25, 0.3) is 0 Å². The maximum absolute atomic E-state index is 6.75. The van der Waals surface area contributed by atoms with Crippen molar-refractivity contribution in [2.24, 2.45) is 0 Å². The maximum Gasteiger partial charge on any atom is 0.151 e. The molecule has 0 amide bonds. The van der Waals surface area contributed by atoms with Gasteiger partial charge in [-0.3, -0.25) is 0 Å². The average Bonchev–Trinajstić information content (AvgIpc) is 4.50. The number of hydrogen-bond acceptors (Lipinski definition) is 4. The Morgan fingerprint density at radius 3 is 0.711 bits per heavy atom. The largest absolute Gasteiger partial charge is 0.455 e. The van der Waals surface area contributed by atoms with E-state index < -0.39 is 0 Å². The van der Waals surface area contributed by atoms with Gasteiger partial charge in [-0.05, 0) is 66.2 Å². The molecule has 0 radical (unpaired) electrons. The summed E-state index contributed by atoms with van der Waals surface area (Å²) in [5.41, 5.74) is 16.0. The second kappa shape index (κ2) is 21.9. The summed E-state index contributed by atoms with van der Waals surface area (Å²) in [6, 6.07) is 87.0. The molecule has 0 aliphatic rings. The van der Waals surface area contributed by atoms with Crippen LogP contribution in [0.15, 0.2) is 281 Å². The Bertz CT molecular complexity index is 4000. The minimum atomic E-state index is 0. The summed E-state index contributed by atoms with van der Waals surface area (Å²) in [5.74, 6) is 3.39. The standard InChI is InChI=1S/C34H20Br2O2.C34H22O2.Br2.H2/c35-29-27-25(21-13-5-1-6-14-21)31(23-17-9-3-10-18-23)37-33(27)30(36)28-26(22-15-7-2-8-16-22)32(38-34(28)29)24-19-11-4-12-20-24;1-5-13-23(14-6-1)31-27-21-30-28(22-29(27)35-33(31)25-17-9-3-10-18-25)32(24-15-7-2-8-16-24)34(36-30)26-19-11-4-12-20-26;1-2;/h1-20H;1-22H;;1H. The molecule has 10 aromatic carbocycles. The van der Waals surface area contributed by atoms with Crippen LogP contribution in [0.1, 0.15) is 1.43 Å². The van der Waals surface area contributed by atoms with Gasteiger partial charge in [0, 0.05) is 95.7 Å². The first-order valence-electron chi connectivity index (χ1n) is 24.6. The summed E-state index contributed by atoms with van der Waals surface area (Å²) in [4.78, 5) is 0. The summed E-state index contributed by atoms with van der Waals surface area (Å²) in [5, 5.41) is 4.03. The summed E-state index contributed by atoms with van der Waals surface area (Å²) < 4.78 is 28.5. The van der Waals surface area contributed by atoms with Crippen molar-refractivity contribution in [1.29, 1.82) is 0 Å². The van der Waals surface area contributed by atoms with Crippen molar-refractivity contribution < 1.29 is 19.1 Å². The zero-order valence-corrected chi connectivity index (χ0v) is 46.7. The molecule has 14 aromatic rings. The van der Waals surface area contributed by atoms with Crippen LogP contribution < -0.4 is 0 Å². The van der Waals surface area contributed by atoms with Gasteiger partial charge in [0.1, 0.15) is 34.2 Å². The molecule has 368 valence electrons. The Kier molecular flexibility index (Phi) is 14.1. The van der Waals surface area contributed by atoms with Crippen molar-refractivity contribution in [2.75, 3.05) is 0 Å². The van der Waals surface area contributed by atoms with Crippen LogP contribution in [0.25, 0.3) is 134 Å². The highest BCUT2D eigenvalue weighted by Crippen LogP contribution is 2.54. The third kappa shape index (κ3) is 9.09. The number of fused-ring (bicyclic) bond motifs is 4. The summed E-state index contributed by atoms with van der Waals surface area (Å²) >= 11 is 13.4. The van der Waals surface area contributed by atoms with Crippen molar-refractivity contribution in [1.82, 2.24) is 0 Å². The second-order valence-corrected chi connectivity index (χ2v) is 19.6. The second-order valence-electron chi connectivity index (χ2n) is 18.0. The zero-order chi connectivity index (χ0) is 51.5. The van der Waals surface area contributed by atoms with E-state index >= 15 is 0 Å². The monoisotopic (exact) mass is 1240 g/mol. The molecule has 4 heterocycles. The molecular formula is C68H44Br4O4. The van der Waals surface area contributed by atoms with Gasteiger partial charge in [-0.2, -0.15) is 0 Å². The lowest BCUT2D eigenvalue weighted by Crippen LogP contribution is -1.83. The molecule has 8 heteroatoms. The van der Waals surface area contributed by atoms with Crippen molar-refractivity contribution in [2.45, 2.75) is 0 Å². The molecule has 0 aliphatic heterocycles. The molecule has 76 heavy (non-hydrogen) atoms. The number of halogens is 4. The van der Waals surface area contributed by atoms with Crippen LogP contribution >= 0.6 is 60.1 Å². The third-order valence-electron chi connectivity index (χ3n) is 13.5. The van der Waals surface area contributed by atoms with Crippen molar-refractivity contribution in [3.05, 3.63) is 264 Å². The number of rotatable bonds is 8. The lowest BCUT2D eigenvalue weighted by molar-refractivity contribution is 0.626. The van der Waals surface area contributed by atoms with Gasteiger partial charge in [0.15, 0.2) is 11.2 Å². The van der Waals surface area contributed by atoms with E-state index in [-0.39, 0.29) is 1.43 Å². The Labute approximate surface area is 472 Å². The molecule has 0 aliphatic carbocycles. The van der Waals surface area contributed by atoms with E-state index in [0.29, 0.717) is 0 Å². The van der Waals surface area contributed by atoms with Gasteiger partial charge in [-0.15, -0.1) is 0 Å². The zero-order valence-electron chi connectivity index (χ0n) is 40.4. The van der Waals surface area contributed by atoms with E-state index in [0.717, 1.165) is 143 Å². The third-order valence-corrected chi connectivity index (χ3v) is 15.1. The molecule has 0 saturated carbocycles. The lowest BCUT2D eigenvalue weighted by atomic mass is 9.96. The fourth-order valence-corrected chi connectivity index (χ4v) is 11.5. The Hall–Kier alpha value is -7.72. The number of benzene rings is 10. The Balaban J connectivity index is 0.000000157. The maximum atomic E-state index is 6.75. The molecule has 0 saturated heterocycles. The quantitative estimate of drug-likeness (QED) is 0.152. The Morgan fingerprint density at radius 2 is 0.461 bits per heavy atom. The van der Waals surface area contributed by atoms with Crippen LogP contribution in [0, 0.1) is 0 Å². The lowest BCUT2D eigenvalue weighted by Gasteiger charge is -2.06. The summed E-state index contributed by atoms with van der Waals surface area (Å²) in [6.45, 7) is 0. The minimum Gasteiger partial charge on any atom is -0.455 e. The molecule has 0 fully saturated rings. The summed E-state index contributed by atoms with van der Waals surface area (Å²) in [7, 11) is 0. The van der Waals surface area contributed by atoms with E-state index in [1.165, 1.54) is 0 Å². The highest BCUT2D eigenvalue weighted by Gasteiger charge is 2.30. The summed E-state index contributed by atoms with van der Waals surface area (Å²) in [6.07, 6.45) is 0. The Morgan fingerprint density at radius 1 is 0.250 bits per heavy atom. The molecule has 4 nitrogen and oxygen atoms in total. The highest BCUT2D eigenvalue weighted by atomic mass is 80.9. The van der Waals surface area contributed by atoms with Crippen LogP contribution in [0.4, 0.5) is 0 Å². The van der Waals surface area contributed by atoms with Crippen LogP contribution in [-0.4, -0.2) is 0 Å². The van der Waals surface area contributed by atoms with Gasteiger partial charge in [-0.1, -0.05) is 243 Å². The smallest absolute Gasteiger partial charge is 0.151 e. The SMILES string of the molecule is BrBr.Brc1c2oc(-c3ccccc3)c(-c3ccccc3)c2c(Br)c2oc(-c3ccccc3)c(-c3ccccc3)c12.[HH].c1ccc(-c2oc3cc4c(-c5ccccc5)c(-c5ccccc5)oc4cc3c2-c2ccccc2)cc1. The predicted octanol–water partition coefficient (Wildman–Crippen LogP) is 23.2.